The van der Waals surface area contributed by atoms with E-state index >= 15 is 0 Å². The molecule has 1 atom stereocenters. The lowest BCUT2D eigenvalue weighted by molar-refractivity contribution is -0.129. The maximum absolute atomic E-state index is 13.5. The quantitative estimate of drug-likeness (QED) is 0.652. The summed E-state index contributed by atoms with van der Waals surface area (Å²) in [5.41, 5.74) is 4.37. The van der Waals surface area contributed by atoms with Crippen molar-refractivity contribution in [1.82, 2.24) is 15.6 Å². The van der Waals surface area contributed by atoms with Crippen molar-refractivity contribution < 1.29 is 22.4 Å². The van der Waals surface area contributed by atoms with E-state index in [4.69, 9.17) is 0 Å². The van der Waals surface area contributed by atoms with Crippen molar-refractivity contribution in [1.29, 1.82) is 0 Å². The Labute approximate surface area is 133 Å². The molecule has 7 nitrogen and oxygen atoms in total. The molecule has 1 aromatic rings. The standard InChI is InChI=1S/C14H18FN3O4S/c1-9(14(20)17-16-13(19)8-10-6-7-10)18-23(21,22)12-5-3-2-4-11(12)15/h2-5,9-10,18H,6-8H2,1H3,(H,16,19)(H,17,20). The summed E-state index contributed by atoms with van der Waals surface area (Å²) in [5, 5.41) is 0. The van der Waals surface area contributed by atoms with Gasteiger partial charge < -0.3 is 0 Å². The fraction of sp³-hybridized carbons (Fsp3) is 0.429. The van der Waals surface area contributed by atoms with Crippen molar-refractivity contribution in [3.05, 3.63) is 30.1 Å². The van der Waals surface area contributed by atoms with E-state index in [0.29, 0.717) is 12.3 Å². The van der Waals surface area contributed by atoms with Gasteiger partial charge in [0, 0.05) is 6.42 Å². The summed E-state index contributed by atoms with van der Waals surface area (Å²) in [5.74, 6) is -1.62. The van der Waals surface area contributed by atoms with Crippen LogP contribution in [-0.4, -0.2) is 26.3 Å². The minimum atomic E-state index is -4.18. The Bertz CT molecular complexity index is 704. The number of carbonyl (C=O) groups is 2. The molecule has 0 aromatic heterocycles. The van der Waals surface area contributed by atoms with Gasteiger partial charge in [-0.15, -0.1) is 0 Å². The van der Waals surface area contributed by atoms with Crippen LogP contribution in [-0.2, 0) is 19.6 Å². The van der Waals surface area contributed by atoms with E-state index in [9.17, 15) is 22.4 Å². The number of halogens is 1. The van der Waals surface area contributed by atoms with Crippen molar-refractivity contribution >= 4 is 21.8 Å². The topological polar surface area (TPSA) is 104 Å². The van der Waals surface area contributed by atoms with Crippen LogP contribution in [0, 0.1) is 11.7 Å². The summed E-state index contributed by atoms with van der Waals surface area (Å²) in [4.78, 5) is 22.7. The highest BCUT2D eigenvalue weighted by atomic mass is 32.2. The van der Waals surface area contributed by atoms with E-state index in [0.717, 1.165) is 25.0 Å². The van der Waals surface area contributed by atoms with Crippen molar-refractivity contribution in [2.45, 2.75) is 37.1 Å². The molecule has 1 aliphatic carbocycles. The number of sulfonamides is 1. The minimum absolute atomic E-state index is 0.329. The molecule has 2 amide bonds. The molecular weight excluding hydrogens is 325 g/mol. The van der Waals surface area contributed by atoms with Gasteiger partial charge in [0.15, 0.2) is 0 Å². The summed E-state index contributed by atoms with van der Waals surface area (Å²) in [6.07, 6.45) is 2.33. The number of nitrogens with one attached hydrogen (secondary N) is 3. The molecule has 1 saturated carbocycles. The summed E-state index contributed by atoms with van der Waals surface area (Å²) >= 11 is 0. The first-order valence-corrected chi connectivity index (χ1v) is 8.63. The molecule has 9 heteroatoms. The van der Waals surface area contributed by atoms with Crippen molar-refractivity contribution in [2.75, 3.05) is 0 Å². The molecule has 3 N–H and O–H groups in total. The SMILES string of the molecule is CC(NS(=O)(=O)c1ccccc1F)C(=O)NNC(=O)CC1CC1. The fourth-order valence-electron chi connectivity index (χ4n) is 1.89. The van der Waals surface area contributed by atoms with Gasteiger partial charge >= 0.3 is 0 Å². The molecular formula is C14H18FN3O4S. The fourth-order valence-corrected chi connectivity index (χ4v) is 3.17. The van der Waals surface area contributed by atoms with Gasteiger partial charge in [0.2, 0.25) is 15.9 Å². The zero-order valence-corrected chi connectivity index (χ0v) is 13.3. The van der Waals surface area contributed by atoms with Gasteiger partial charge in [-0.3, -0.25) is 20.4 Å². The van der Waals surface area contributed by atoms with Gasteiger partial charge in [0.25, 0.3) is 5.91 Å². The second-order valence-corrected chi connectivity index (χ2v) is 7.14. The summed E-state index contributed by atoms with van der Waals surface area (Å²) in [7, 11) is -4.18. The normalized spacial score (nSPS) is 15.7. The Morgan fingerprint density at radius 3 is 2.52 bits per heavy atom. The first-order valence-electron chi connectivity index (χ1n) is 7.15. The summed E-state index contributed by atoms with van der Waals surface area (Å²) < 4.78 is 39.7. The highest BCUT2D eigenvalue weighted by Gasteiger charge is 2.26. The Morgan fingerprint density at radius 2 is 1.91 bits per heavy atom. The van der Waals surface area contributed by atoms with E-state index in [1.807, 2.05) is 0 Å². The van der Waals surface area contributed by atoms with E-state index in [1.54, 1.807) is 0 Å². The Balaban J connectivity index is 1.89. The second-order valence-electron chi connectivity index (χ2n) is 5.46. The van der Waals surface area contributed by atoms with Crippen LogP contribution in [0.25, 0.3) is 0 Å². The monoisotopic (exact) mass is 343 g/mol. The third-order valence-electron chi connectivity index (χ3n) is 3.35. The molecule has 0 spiro atoms. The van der Waals surface area contributed by atoms with Crippen LogP contribution in [0.1, 0.15) is 26.2 Å². The Morgan fingerprint density at radius 1 is 1.26 bits per heavy atom. The van der Waals surface area contributed by atoms with Gasteiger partial charge in [0.1, 0.15) is 10.7 Å². The number of benzene rings is 1. The minimum Gasteiger partial charge on any atom is -0.273 e. The lowest BCUT2D eigenvalue weighted by Gasteiger charge is -2.15. The number of rotatable bonds is 6. The molecule has 0 aliphatic heterocycles. The van der Waals surface area contributed by atoms with Crippen LogP contribution in [0.2, 0.25) is 0 Å². The van der Waals surface area contributed by atoms with E-state index in [-0.39, 0.29) is 5.91 Å². The number of hydrogen-bond acceptors (Lipinski definition) is 4. The molecule has 126 valence electrons. The lowest BCUT2D eigenvalue weighted by atomic mass is 10.3. The highest BCUT2D eigenvalue weighted by molar-refractivity contribution is 7.89. The van der Waals surface area contributed by atoms with Gasteiger partial charge in [-0.1, -0.05) is 12.1 Å². The average Bonchev–Trinajstić information content (AvgIpc) is 3.28. The Kier molecular flexibility index (Phi) is 5.32. The lowest BCUT2D eigenvalue weighted by Crippen LogP contribution is -2.51. The smallest absolute Gasteiger partial charge is 0.256 e. The molecule has 0 saturated heterocycles. The molecule has 1 fully saturated rings. The highest BCUT2D eigenvalue weighted by Crippen LogP contribution is 2.31. The number of hydrogen-bond donors (Lipinski definition) is 3. The molecule has 1 aromatic carbocycles. The van der Waals surface area contributed by atoms with Crippen molar-refractivity contribution in [3.63, 3.8) is 0 Å². The second kappa shape index (κ2) is 7.05. The molecule has 1 aliphatic rings. The van der Waals surface area contributed by atoms with Gasteiger partial charge in [-0.2, -0.15) is 4.72 Å². The number of amides is 2. The third-order valence-corrected chi connectivity index (χ3v) is 4.92. The van der Waals surface area contributed by atoms with Crippen molar-refractivity contribution in [2.24, 2.45) is 5.92 Å². The van der Waals surface area contributed by atoms with E-state index in [2.05, 4.69) is 15.6 Å². The van der Waals surface area contributed by atoms with Crippen LogP contribution in [0.4, 0.5) is 4.39 Å². The molecule has 23 heavy (non-hydrogen) atoms. The largest absolute Gasteiger partial charge is 0.273 e. The predicted molar refractivity (Wildman–Crippen MR) is 79.8 cm³/mol. The van der Waals surface area contributed by atoms with Crippen LogP contribution in [0.3, 0.4) is 0 Å². The third kappa shape index (κ3) is 5.00. The van der Waals surface area contributed by atoms with Crippen LogP contribution in [0.5, 0.6) is 0 Å². The Hall–Kier alpha value is -2.00. The molecule has 0 heterocycles. The maximum atomic E-state index is 13.5. The van der Waals surface area contributed by atoms with Crippen LogP contribution < -0.4 is 15.6 Å². The zero-order valence-electron chi connectivity index (χ0n) is 12.5. The molecule has 1 unspecified atom stereocenters. The van der Waals surface area contributed by atoms with E-state index in [1.165, 1.54) is 19.1 Å². The predicted octanol–water partition coefficient (Wildman–Crippen LogP) is 0.440. The molecule has 0 radical (unpaired) electrons. The number of hydrazine groups is 1. The van der Waals surface area contributed by atoms with Crippen molar-refractivity contribution in [3.8, 4) is 0 Å². The molecule has 2 rings (SSSR count). The average molecular weight is 343 g/mol. The number of carbonyl (C=O) groups excluding carboxylic acids is 2. The summed E-state index contributed by atoms with van der Waals surface area (Å²) in [6.45, 7) is 1.29. The van der Waals surface area contributed by atoms with E-state index < -0.39 is 32.7 Å². The van der Waals surface area contributed by atoms with Gasteiger partial charge in [-0.05, 0) is 37.8 Å². The van der Waals surface area contributed by atoms with Gasteiger partial charge in [-0.25, -0.2) is 12.8 Å². The first-order chi connectivity index (χ1) is 10.8. The zero-order chi connectivity index (χ0) is 17.0. The molecule has 0 bridgehead atoms. The summed E-state index contributed by atoms with van der Waals surface area (Å²) in [6, 6.07) is 3.66. The van der Waals surface area contributed by atoms with Crippen LogP contribution >= 0.6 is 0 Å². The first kappa shape index (κ1) is 17.4. The van der Waals surface area contributed by atoms with Gasteiger partial charge in [0.05, 0.1) is 6.04 Å². The maximum Gasteiger partial charge on any atom is 0.256 e. The van der Waals surface area contributed by atoms with Crippen LogP contribution in [0.15, 0.2) is 29.2 Å².